The van der Waals surface area contributed by atoms with Gasteiger partial charge in [-0.05, 0) is 72.9 Å². The van der Waals surface area contributed by atoms with E-state index in [0.717, 1.165) is 55.5 Å². The highest BCUT2D eigenvalue weighted by Gasteiger charge is 2.33. The van der Waals surface area contributed by atoms with E-state index in [-0.39, 0.29) is 23.8 Å². The van der Waals surface area contributed by atoms with Gasteiger partial charge in [-0.15, -0.1) is 0 Å². The maximum Gasteiger partial charge on any atom is 0.308 e. The Morgan fingerprint density at radius 2 is 2.00 bits per heavy atom. The number of nitrogens with zero attached hydrogens (tertiary/aromatic N) is 3. The fourth-order valence-electron chi connectivity index (χ4n) is 4.34. The van der Waals surface area contributed by atoms with Crippen LogP contribution in [0.4, 0.5) is 5.69 Å². The number of rotatable bonds is 4. The Labute approximate surface area is 188 Å². The van der Waals surface area contributed by atoms with E-state index in [4.69, 9.17) is 16.3 Å². The van der Waals surface area contributed by atoms with Crippen molar-refractivity contribution in [1.82, 2.24) is 14.7 Å². The number of carbonyl (C=O) groups is 2. The molecular weight excluding hydrogens is 472 g/mol. The maximum absolute atomic E-state index is 12.8. The van der Waals surface area contributed by atoms with Gasteiger partial charge in [0.2, 0.25) is 0 Å². The van der Waals surface area contributed by atoms with Crippen LogP contribution in [0, 0.1) is 5.92 Å². The van der Waals surface area contributed by atoms with Crippen molar-refractivity contribution in [3.05, 3.63) is 45.1 Å². The van der Waals surface area contributed by atoms with Gasteiger partial charge in [0.15, 0.2) is 5.69 Å². The Balaban J connectivity index is 1.48. The molecule has 7 nitrogen and oxygen atoms in total. The molecule has 2 aliphatic heterocycles. The van der Waals surface area contributed by atoms with E-state index in [0.29, 0.717) is 16.4 Å². The molecule has 1 aromatic heterocycles. The van der Waals surface area contributed by atoms with Crippen molar-refractivity contribution in [3.8, 4) is 0 Å². The molecule has 2 aromatic rings. The molecule has 3 heterocycles. The molecule has 1 aromatic carbocycles. The zero-order chi connectivity index (χ0) is 21.3. The van der Waals surface area contributed by atoms with Gasteiger partial charge in [0.05, 0.1) is 35.5 Å². The Hall–Kier alpha value is -1.90. The minimum Gasteiger partial charge on any atom is -0.469 e. The number of likely N-dealkylation sites (tertiary alicyclic amines) is 1. The summed E-state index contributed by atoms with van der Waals surface area (Å²) >= 11 is 9.64. The van der Waals surface area contributed by atoms with Crippen molar-refractivity contribution in [3.63, 3.8) is 0 Å². The molecule has 1 unspecified atom stereocenters. The molecule has 1 fully saturated rings. The lowest BCUT2D eigenvalue weighted by atomic mass is 9.93. The van der Waals surface area contributed by atoms with Crippen molar-refractivity contribution in [2.24, 2.45) is 5.92 Å². The zero-order valence-electron chi connectivity index (χ0n) is 16.7. The van der Waals surface area contributed by atoms with Gasteiger partial charge < -0.3 is 10.1 Å². The van der Waals surface area contributed by atoms with Gasteiger partial charge in [-0.25, -0.2) is 0 Å². The van der Waals surface area contributed by atoms with Gasteiger partial charge in [0.1, 0.15) is 0 Å². The molecule has 2 aliphatic rings. The third-order valence-electron chi connectivity index (χ3n) is 5.94. The van der Waals surface area contributed by atoms with E-state index in [1.165, 1.54) is 7.11 Å². The second-order valence-corrected chi connectivity index (χ2v) is 8.96. The van der Waals surface area contributed by atoms with Crippen molar-refractivity contribution < 1.29 is 14.3 Å². The number of nitrogens with one attached hydrogen (secondary N) is 1. The molecule has 30 heavy (non-hydrogen) atoms. The first kappa shape index (κ1) is 21.3. The van der Waals surface area contributed by atoms with Crippen LogP contribution in [0.1, 0.15) is 47.9 Å². The number of benzene rings is 1. The van der Waals surface area contributed by atoms with Crippen LogP contribution >= 0.6 is 27.5 Å². The first-order valence-corrected chi connectivity index (χ1v) is 11.3. The van der Waals surface area contributed by atoms with Crippen LogP contribution in [0.25, 0.3) is 0 Å². The number of hydrogen-bond donors (Lipinski definition) is 1. The van der Waals surface area contributed by atoms with Crippen LogP contribution in [0.5, 0.6) is 0 Å². The minimum atomic E-state index is -0.278. The number of piperidine rings is 1. The summed E-state index contributed by atoms with van der Waals surface area (Å²) in [6.07, 6.45) is 3.62. The summed E-state index contributed by atoms with van der Waals surface area (Å²) in [4.78, 5) is 27.0. The lowest BCUT2D eigenvalue weighted by Gasteiger charge is -2.38. The lowest BCUT2D eigenvalue weighted by molar-refractivity contribution is -0.147. The predicted octanol–water partition coefficient (Wildman–Crippen LogP) is 4.27. The number of aromatic nitrogens is 2. The number of methoxy groups -OCH3 is 1. The van der Waals surface area contributed by atoms with E-state index >= 15 is 0 Å². The van der Waals surface area contributed by atoms with Gasteiger partial charge in [-0.1, -0.05) is 17.7 Å². The Kier molecular flexibility index (Phi) is 6.46. The van der Waals surface area contributed by atoms with Gasteiger partial charge >= 0.3 is 5.97 Å². The lowest BCUT2D eigenvalue weighted by Crippen LogP contribution is -2.40. The average Bonchev–Trinajstić information content (AvgIpc) is 3.21. The third-order valence-corrected chi connectivity index (χ3v) is 7.23. The highest BCUT2D eigenvalue weighted by atomic mass is 79.9. The fourth-order valence-corrected chi connectivity index (χ4v) is 4.88. The molecular formula is C21H24BrClN4O3. The molecule has 1 atom stereocenters. The average molecular weight is 496 g/mol. The second-order valence-electron chi connectivity index (χ2n) is 7.72. The molecule has 1 amide bonds. The monoisotopic (exact) mass is 494 g/mol. The molecule has 0 aliphatic carbocycles. The number of ether oxygens (including phenoxy) is 1. The quantitative estimate of drug-likeness (QED) is 0.641. The highest BCUT2D eigenvalue weighted by molar-refractivity contribution is 9.10. The van der Waals surface area contributed by atoms with Crippen LogP contribution in [0.15, 0.2) is 28.7 Å². The number of amides is 1. The summed E-state index contributed by atoms with van der Waals surface area (Å²) in [6.45, 7) is 2.48. The summed E-state index contributed by atoms with van der Waals surface area (Å²) in [5.41, 5.74) is 1.99. The smallest absolute Gasteiger partial charge is 0.308 e. The fraction of sp³-hybridized carbons (Fsp3) is 0.476. The molecule has 1 N–H and O–H groups in total. The van der Waals surface area contributed by atoms with E-state index < -0.39 is 0 Å². The van der Waals surface area contributed by atoms with Gasteiger partial charge in [-0.2, -0.15) is 5.10 Å². The van der Waals surface area contributed by atoms with Crippen LogP contribution in [-0.2, 0) is 16.1 Å². The number of esters is 1. The topological polar surface area (TPSA) is 76.5 Å². The highest BCUT2D eigenvalue weighted by Crippen LogP contribution is 2.35. The number of carbonyl (C=O) groups excluding carboxylic acids is 2. The van der Waals surface area contributed by atoms with Crippen molar-refractivity contribution in [2.45, 2.75) is 38.3 Å². The standard InChI is InChI=1S/C21H24BrClN4O3/c1-30-21(29)13-7-10-26(11-8-13)17-6-3-9-27-18(17)12-16(25-27)20(28)24-15-5-2-4-14(22)19(15)23/h2,4-5,12-13,17H,3,6-11H2,1H3,(H,24,28). The van der Waals surface area contributed by atoms with Gasteiger partial charge in [0.25, 0.3) is 5.91 Å². The molecule has 160 valence electrons. The van der Waals surface area contributed by atoms with E-state index in [1.54, 1.807) is 6.07 Å². The van der Waals surface area contributed by atoms with Gasteiger partial charge in [0, 0.05) is 11.0 Å². The Morgan fingerprint density at radius 3 is 2.73 bits per heavy atom. The van der Waals surface area contributed by atoms with Gasteiger partial charge in [-0.3, -0.25) is 19.2 Å². The third kappa shape index (κ3) is 4.26. The Morgan fingerprint density at radius 1 is 1.23 bits per heavy atom. The van der Waals surface area contributed by atoms with Crippen LogP contribution in [0.2, 0.25) is 5.02 Å². The van der Waals surface area contributed by atoms with Crippen molar-refractivity contribution in [2.75, 3.05) is 25.5 Å². The SMILES string of the molecule is COC(=O)C1CCN(C2CCCn3nc(C(=O)Nc4cccc(Br)c4Cl)cc32)CC1. The first-order valence-electron chi connectivity index (χ1n) is 10.1. The molecule has 0 saturated carbocycles. The van der Waals surface area contributed by atoms with Crippen LogP contribution < -0.4 is 5.32 Å². The number of fused-ring (bicyclic) bond motifs is 1. The summed E-state index contributed by atoms with van der Waals surface area (Å²) < 4.78 is 7.56. The summed E-state index contributed by atoms with van der Waals surface area (Å²) in [5.74, 6) is -0.412. The predicted molar refractivity (Wildman–Crippen MR) is 118 cm³/mol. The van der Waals surface area contributed by atoms with Crippen molar-refractivity contribution in [1.29, 1.82) is 0 Å². The van der Waals surface area contributed by atoms with E-state index in [9.17, 15) is 9.59 Å². The first-order chi connectivity index (χ1) is 14.5. The van der Waals surface area contributed by atoms with Crippen LogP contribution in [-0.4, -0.2) is 46.8 Å². The molecule has 0 radical (unpaired) electrons. The molecule has 1 saturated heterocycles. The summed E-state index contributed by atoms with van der Waals surface area (Å²) in [5, 5.41) is 7.86. The second kappa shape index (κ2) is 9.08. The molecule has 4 rings (SSSR count). The minimum absolute atomic E-state index is 0.0176. The number of hydrogen-bond acceptors (Lipinski definition) is 5. The van der Waals surface area contributed by atoms with Crippen molar-refractivity contribution >= 4 is 45.1 Å². The number of halogens is 2. The number of anilines is 1. The zero-order valence-corrected chi connectivity index (χ0v) is 19.1. The summed E-state index contributed by atoms with van der Waals surface area (Å²) in [6, 6.07) is 7.49. The Bertz CT molecular complexity index is 956. The largest absolute Gasteiger partial charge is 0.469 e. The molecule has 0 spiro atoms. The van der Waals surface area contributed by atoms with E-state index in [1.807, 2.05) is 22.9 Å². The number of aryl methyl sites for hydroxylation is 1. The molecule has 9 heteroatoms. The summed E-state index contributed by atoms with van der Waals surface area (Å²) in [7, 11) is 1.45. The maximum atomic E-state index is 12.8. The molecule has 0 bridgehead atoms. The van der Waals surface area contributed by atoms with E-state index in [2.05, 4.69) is 31.2 Å². The van der Waals surface area contributed by atoms with Crippen LogP contribution in [0.3, 0.4) is 0 Å². The normalized spacial score (nSPS) is 19.9.